The van der Waals surface area contributed by atoms with Crippen LogP contribution in [0.5, 0.6) is 5.75 Å². The maximum atomic E-state index is 13.5. The van der Waals surface area contributed by atoms with Crippen LogP contribution in [0.15, 0.2) is 35.7 Å². The van der Waals surface area contributed by atoms with E-state index >= 15 is 0 Å². The van der Waals surface area contributed by atoms with Gasteiger partial charge in [-0.05, 0) is 37.0 Å². The Kier molecular flexibility index (Phi) is 4.71. The van der Waals surface area contributed by atoms with Crippen LogP contribution < -0.4 is 10.1 Å². The van der Waals surface area contributed by atoms with E-state index < -0.39 is 0 Å². The predicted octanol–water partition coefficient (Wildman–Crippen LogP) is 4.25. The molecule has 0 saturated heterocycles. The molecule has 0 bridgehead atoms. The monoisotopic (exact) mass is 332 g/mol. The molecule has 1 aromatic carbocycles. The first-order chi connectivity index (χ1) is 11.2. The molecular formula is C17H17FN2O2S. The van der Waals surface area contributed by atoms with E-state index in [9.17, 15) is 9.18 Å². The second-order valence-corrected chi connectivity index (χ2v) is 6.26. The molecule has 120 valence electrons. The molecule has 0 spiro atoms. The lowest BCUT2D eigenvalue weighted by molar-refractivity contribution is -0.116. The molecule has 4 nitrogen and oxygen atoms in total. The molecule has 0 saturated carbocycles. The van der Waals surface area contributed by atoms with Gasteiger partial charge in [0, 0.05) is 17.4 Å². The van der Waals surface area contributed by atoms with Crippen molar-refractivity contribution < 1.29 is 13.9 Å². The van der Waals surface area contributed by atoms with Crippen LogP contribution in [0.4, 0.5) is 9.52 Å². The number of benzene rings is 1. The fraction of sp³-hybridized carbons (Fsp3) is 0.294. The minimum Gasteiger partial charge on any atom is -0.496 e. The number of nitrogens with one attached hydrogen (secondary N) is 1. The summed E-state index contributed by atoms with van der Waals surface area (Å²) in [6.45, 7) is 0. The van der Waals surface area contributed by atoms with Gasteiger partial charge in [-0.3, -0.25) is 4.79 Å². The Labute approximate surface area is 138 Å². The average molecular weight is 332 g/mol. The highest BCUT2D eigenvalue weighted by molar-refractivity contribution is 7.14. The standard InChI is InChI=1S/C17H17FN2O2S/c1-22-15-7-6-12(18)9-13(15)14-10-23-17(19-14)20-16(21)8-11-4-2-3-5-11/h2,4,6-7,9-11H,3,5,8H2,1H3,(H,19,20,21)/t11-/m0/s1. The zero-order valence-electron chi connectivity index (χ0n) is 12.7. The number of anilines is 1. The minimum absolute atomic E-state index is 0.0475. The Morgan fingerprint density at radius 3 is 3.13 bits per heavy atom. The second kappa shape index (κ2) is 6.91. The minimum atomic E-state index is -0.354. The molecule has 1 aromatic heterocycles. The Bertz CT molecular complexity index is 742. The van der Waals surface area contributed by atoms with E-state index in [-0.39, 0.29) is 11.7 Å². The topological polar surface area (TPSA) is 51.2 Å². The Balaban J connectivity index is 1.71. The van der Waals surface area contributed by atoms with E-state index in [1.807, 2.05) is 0 Å². The van der Waals surface area contributed by atoms with E-state index in [4.69, 9.17) is 4.74 Å². The molecule has 0 radical (unpaired) electrons. The van der Waals surface area contributed by atoms with Gasteiger partial charge in [-0.1, -0.05) is 12.2 Å². The number of amides is 1. The van der Waals surface area contributed by atoms with Crippen molar-refractivity contribution in [1.29, 1.82) is 0 Å². The maximum absolute atomic E-state index is 13.5. The number of carbonyl (C=O) groups excluding carboxylic acids is 1. The molecule has 0 aliphatic heterocycles. The highest BCUT2D eigenvalue weighted by atomic mass is 32.1. The van der Waals surface area contributed by atoms with Gasteiger partial charge in [0.1, 0.15) is 11.6 Å². The summed E-state index contributed by atoms with van der Waals surface area (Å²) in [5.74, 6) is 0.462. The van der Waals surface area contributed by atoms with Gasteiger partial charge in [0.05, 0.1) is 12.8 Å². The van der Waals surface area contributed by atoms with E-state index in [1.54, 1.807) is 11.4 Å². The fourth-order valence-electron chi connectivity index (χ4n) is 2.61. The van der Waals surface area contributed by atoms with Crippen LogP contribution in [0, 0.1) is 11.7 Å². The Morgan fingerprint density at radius 2 is 2.39 bits per heavy atom. The number of nitrogens with zero attached hydrogens (tertiary/aromatic N) is 1. The third-order valence-corrected chi connectivity index (χ3v) is 4.51. The van der Waals surface area contributed by atoms with Gasteiger partial charge in [-0.15, -0.1) is 11.3 Å². The number of methoxy groups -OCH3 is 1. The van der Waals surface area contributed by atoms with Gasteiger partial charge >= 0.3 is 0 Å². The molecule has 1 amide bonds. The third-order valence-electron chi connectivity index (χ3n) is 3.75. The van der Waals surface area contributed by atoms with Crippen LogP contribution in [0.25, 0.3) is 11.3 Å². The van der Waals surface area contributed by atoms with Crippen LogP contribution in [0.1, 0.15) is 19.3 Å². The van der Waals surface area contributed by atoms with E-state index in [0.29, 0.717) is 34.5 Å². The Hall–Kier alpha value is -2.21. The molecule has 1 atom stereocenters. The maximum Gasteiger partial charge on any atom is 0.226 e. The predicted molar refractivity (Wildman–Crippen MR) is 89.2 cm³/mol. The lowest BCUT2D eigenvalue weighted by atomic mass is 10.1. The van der Waals surface area contributed by atoms with Crippen molar-refractivity contribution in [3.05, 3.63) is 41.5 Å². The van der Waals surface area contributed by atoms with Gasteiger partial charge < -0.3 is 10.1 Å². The molecule has 2 aromatic rings. The largest absolute Gasteiger partial charge is 0.496 e. The van der Waals surface area contributed by atoms with Crippen LogP contribution in [0.3, 0.4) is 0 Å². The molecule has 0 unspecified atom stereocenters. The van der Waals surface area contributed by atoms with Crippen LogP contribution in [0.2, 0.25) is 0 Å². The Morgan fingerprint density at radius 1 is 1.52 bits per heavy atom. The number of ether oxygens (including phenoxy) is 1. The van der Waals surface area contributed by atoms with E-state index in [1.165, 1.54) is 30.6 Å². The number of carbonyl (C=O) groups is 1. The van der Waals surface area contributed by atoms with Crippen molar-refractivity contribution in [2.45, 2.75) is 19.3 Å². The highest BCUT2D eigenvalue weighted by Gasteiger charge is 2.16. The number of thiazole rings is 1. The third kappa shape index (κ3) is 3.76. The molecule has 1 N–H and O–H groups in total. The van der Waals surface area contributed by atoms with Crippen molar-refractivity contribution >= 4 is 22.4 Å². The van der Waals surface area contributed by atoms with Gasteiger partial charge in [0.25, 0.3) is 0 Å². The summed E-state index contributed by atoms with van der Waals surface area (Å²) in [4.78, 5) is 16.4. The highest BCUT2D eigenvalue weighted by Crippen LogP contribution is 2.33. The van der Waals surface area contributed by atoms with Gasteiger partial charge in [-0.2, -0.15) is 0 Å². The summed E-state index contributed by atoms with van der Waals surface area (Å²) in [5.41, 5.74) is 1.16. The fourth-order valence-corrected chi connectivity index (χ4v) is 3.34. The van der Waals surface area contributed by atoms with Crippen molar-refractivity contribution in [1.82, 2.24) is 4.98 Å². The molecule has 0 fully saturated rings. The molecular weight excluding hydrogens is 315 g/mol. The zero-order valence-corrected chi connectivity index (χ0v) is 13.5. The van der Waals surface area contributed by atoms with Crippen molar-refractivity contribution in [2.24, 2.45) is 5.92 Å². The molecule has 1 heterocycles. The molecule has 1 aliphatic carbocycles. The van der Waals surface area contributed by atoms with Gasteiger partial charge in [0.2, 0.25) is 5.91 Å². The number of hydrogen-bond donors (Lipinski definition) is 1. The summed E-state index contributed by atoms with van der Waals surface area (Å²) in [6, 6.07) is 4.28. The molecule has 3 rings (SSSR count). The molecule has 23 heavy (non-hydrogen) atoms. The van der Waals surface area contributed by atoms with Crippen LogP contribution in [-0.4, -0.2) is 18.0 Å². The van der Waals surface area contributed by atoms with Crippen molar-refractivity contribution in [3.8, 4) is 17.0 Å². The number of halogens is 1. The lowest BCUT2D eigenvalue weighted by Crippen LogP contribution is -2.14. The first kappa shape index (κ1) is 15.7. The first-order valence-corrected chi connectivity index (χ1v) is 8.29. The van der Waals surface area contributed by atoms with Crippen molar-refractivity contribution in [2.75, 3.05) is 12.4 Å². The van der Waals surface area contributed by atoms with Crippen LogP contribution in [-0.2, 0) is 4.79 Å². The van der Waals surface area contributed by atoms with Crippen LogP contribution >= 0.6 is 11.3 Å². The normalized spacial score (nSPS) is 16.5. The number of aromatic nitrogens is 1. The van der Waals surface area contributed by atoms with E-state index in [2.05, 4.69) is 22.5 Å². The second-order valence-electron chi connectivity index (χ2n) is 5.40. The summed E-state index contributed by atoms with van der Waals surface area (Å²) < 4.78 is 18.7. The summed E-state index contributed by atoms with van der Waals surface area (Å²) >= 11 is 1.32. The summed E-state index contributed by atoms with van der Waals surface area (Å²) in [5, 5.41) is 5.10. The van der Waals surface area contributed by atoms with Gasteiger partial charge in [-0.25, -0.2) is 9.37 Å². The number of allylic oxidation sites excluding steroid dienone is 2. The molecule has 6 heteroatoms. The van der Waals surface area contributed by atoms with Gasteiger partial charge in [0.15, 0.2) is 5.13 Å². The summed E-state index contributed by atoms with van der Waals surface area (Å²) in [6.07, 6.45) is 6.73. The van der Waals surface area contributed by atoms with Crippen molar-refractivity contribution in [3.63, 3.8) is 0 Å². The number of hydrogen-bond acceptors (Lipinski definition) is 4. The SMILES string of the molecule is COc1ccc(F)cc1-c1csc(NC(=O)C[C@H]2C=CCC2)n1. The average Bonchev–Trinajstić information content (AvgIpc) is 3.19. The lowest BCUT2D eigenvalue weighted by Gasteiger charge is -2.07. The quantitative estimate of drug-likeness (QED) is 0.833. The summed E-state index contributed by atoms with van der Waals surface area (Å²) in [7, 11) is 1.53. The molecule has 1 aliphatic rings. The van der Waals surface area contributed by atoms with E-state index in [0.717, 1.165) is 12.8 Å². The first-order valence-electron chi connectivity index (χ1n) is 7.41. The smallest absolute Gasteiger partial charge is 0.226 e. The zero-order chi connectivity index (χ0) is 16.2. The number of rotatable bonds is 5.